The molecular weight excluding hydrogens is 255 g/mol. The van der Waals surface area contributed by atoms with Crippen LogP contribution in [0.15, 0.2) is 36.7 Å². The Hall–Kier alpha value is -2.10. The highest BCUT2D eigenvalue weighted by atomic mass is 19.1. The van der Waals surface area contributed by atoms with Crippen LogP contribution in [-0.2, 0) is 6.54 Å². The summed E-state index contributed by atoms with van der Waals surface area (Å²) in [6.45, 7) is 10.1. The van der Waals surface area contributed by atoms with Gasteiger partial charge in [0, 0.05) is 23.5 Å². The molecule has 4 heteroatoms. The molecule has 0 spiro atoms. The van der Waals surface area contributed by atoms with Gasteiger partial charge in [0.25, 0.3) is 5.91 Å². The zero-order chi connectivity index (χ0) is 14.4. The fourth-order valence-corrected chi connectivity index (χ4v) is 2.93. The van der Waals surface area contributed by atoms with Gasteiger partial charge in [-0.3, -0.25) is 4.79 Å². The molecule has 1 saturated heterocycles. The number of piperidine rings is 1. The normalized spacial score (nSPS) is 22.0. The molecule has 2 heterocycles. The van der Waals surface area contributed by atoms with E-state index in [9.17, 15) is 9.18 Å². The van der Waals surface area contributed by atoms with E-state index in [0.29, 0.717) is 17.7 Å². The molecule has 1 fully saturated rings. The highest BCUT2D eigenvalue weighted by Gasteiger charge is 2.35. The number of benzene rings is 1. The molecule has 1 N–H and O–H groups in total. The van der Waals surface area contributed by atoms with Crippen molar-refractivity contribution in [1.82, 2.24) is 10.2 Å². The number of fused-ring (bicyclic) bond motifs is 1. The average molecular weight is 272 g/mol. The Morgan fingerprint density at radius 1 is 1.40 bits per heavy atom. The Morgan fingerprint density at radius 2 is 2.15 bits per heavy atom. The maximum atomic E-state index is 13.6. The summed E-state index contributed by atoms with van der Waals surface area (Å²) in [5.41, 5.74) is 3.67. The Bertz CT molecular complexity index is 636. The quantitative estimate of drug-likeness (QED) is 0.852. The molecule has 3 rings (SSSR count). The average Bonchev–Trinajstić information content (AvgIpc) is 2.68. The number of amides is 1. The van der Waals surface area contributed by atoms with Gasteiger partial charge in [-0.25, -0.2) is 4.39 Å². The van der Waals surface area contributed by atoms with Gasteiger partial charge in [-0.15, -0.1) is 0 Å². The van der Waals surface area contributed by atoms with E-state index in [-0.39, 0.29) is 17.8 Å². The van der Waals surface area contributed by atoms with Gasteiger partial charge in [0.05, 0.1) is 6.04 Å². The van der Waals surface area contributed by atoms with Crippen LogP contribution in [0.1, 0.15) is 34.3 Å². The fourth-order valence-electron chi connectivity index (χ4n) is 2.93. The smallest absolute Gasteiger partial charge is 0.255 e. The van der Waals surface area contributed by atoms with E-state index < -0.39 is 0 Å². The number of rotatable bonds is 1. The predicted octanol–water partition coefficient (Wildman–Crippen LogP) is 2.87. The monoisotopic (exact) mass is 272 g/mol. The SMILES string of the molecule is C=C1CCC(N2Cc3cc(C)c(F)cc3C2=O)C(=C)N1. The number of nitrogens with zero attached hydrogens (tertiary/aromatic N) is 1. The molecule has 1 atom stereocenters. The summed E-state index contributed by atoms with van der Waals surface area (Å²) in [6, 6.07) is 3.06. The van der Waals surface area contributed by atoms with Crippen molar-refractivity contribution in [3.8, 4) is 0 Å². The van der Waals surface area contributed by atoms with E-state index >= 15 is 0 Å². The van der Waals surface area contributed by atoms with Gasteiger partial charge in [0.1, 0.15) is 5.82 Å². The van der Waals surface area contributed by atoms with Gasteiger partial charge in [-0.05, 0) is 37.0 Å². The van der Waals surface area contributed by atoms with E-state index in [0.717, 1.165) is 29.8 Å². The molecule has 20 heavy (non-hydrogen) atoms. The Balaban J connectivity index is 1.90. The van der Waals surface area contributed by atoms with Gasteiger partial charge < -0.3 is 10.2 Å². The predicted molar refractivity (Wildman–Crippen MR) is 75.4 cm³/mol. The van der Waals surface area contributed by atoms with Crippen molar-refractivity contribution in [1.29, 1.82) is 0 Å². The minimum absolute atomic E-state index is 0.0521. The first-order chi connectivity index (χ1) is 9.47. The van der Waals surface area contributed by atoms with Crippen molar-refractivity contribution < 1.29 is 9.18 Å². The maximum Gasteiger partial charge on any atom is 0.255 e. The lowest BCUT2D eigenvalue weighted by Gasteiger charge is -2.34. The van der Waals surface area contributed by atoms with Crippen LogP contribution in [0.2, 0.25) is 0 Å². The van der Waals surface area contributed by atoms with Crippen LogP contribution in [-0.4, -0.2) is 16.8 Å². The zero-order valence-electron chi connectivity index (χ0n) is 11.5. The maximum absolute atomic E-state index is 13.6. The zero-order valence-corrected chi connectivity index (χ0v) is 11.5. The summed E-state index contributed by atoms with van der Waals surface area (Å²) in [7, 11) is 0. The summed E-state index contributed by atoms with van der Waals surface area (Å²) >= 11 is 0. The van der Waals surface area contributed by atoms with E-state index in [1.807, 2.05) is 0 Å². The van der Waals surface area contributed by atoms with Crippen molar-refractivity contribution in [3.05, 3.63) is 59.2 Å². The Kier molecular flexibility index (Phi) is 2.89. The van der Waals surface area contributed by atoms with Crippen LogP contribution in [0, 0.1) is 12.7 Å². The third-order valence-corrected chi connectivity index (χ3v) is 4.05. The second-order valence-electron chi connectivity index (χ2n) is 5.50. The van der Waals surface area contributed by atoms with E-state index in [1.165, 1.54) is 6.07 Å². The third-order valence-electron chi connectivity index (χ3n) is 4.05. The molecule has 0 aliphatic carbocycles. The third kappa shape index (κ3) is 1.92. The van der Waals surface area contributed by atoms with Crippen molar-refractivity contribution in [3.63, 3.8) is 0 Å². The molecule has 2 aliphatic rings. The summed E-state index contributed by atoms with van der Waals surface area (Å²) in [5.74, 6) is -0.438. The van der Waals surface area contributed by atoms with Crippen LogP contribution in [0.25, 0.3) is 0 Å². The van der Waals surface area contributed by atoms with Crippen LogP contribution in [0.5, 0.6) is 0 Å². The van der Waals surface area contributed by atoms with Gasteiger partial charge in [0.15, 0.2) is 0 Å². The van der Waals surface area contributed by atoms with Crippen LogP contribution >= 0.6 is 0 Å². The molecule has 0 bridgehead atoms. The largest absolute Gasteiger partial charge is 0.362 e. The number of carbonyl (C=O) groups is 1. The van der Waals surface area contributed by atoms with Crippen LogP contribution in [0.3, 0.4) is 0 Å². The molecule has 1 aromatic carbocycles. The van der Waals surface area contributed by atoms with Gasteiger partial charge >= 0.3 is 0 Å². The van der Waals surface area contributed by atoms with Crippen molar-refractivity contribution in [2.75, 3.05) is 0 Å². The van der Waals surface area contributed by atoms with Gasteiger partial charge in [-0.1, -0.05) is 19.2 Å². The number of aryl methyl sites for hydroxylation is 1. The number of carbonyl (C=O) groups excluding carboxylic acids is 1. The molecule has 1 amide bonds. The molecule has 1 unspecified atom stereocenters. The Morgan fingerprint density at radius 3 is 2.85 bits per heavy atom. The second-order valence-corrected chi connectivity index (χ2v) is 5.50. The van der Waals surface area contributed by atoms with Crippen LogP contribution in [0.4, 0.5) is 4.39 Å². The Labute approximate surface area is 117 Å². The molecule has 0 saturated carbocycles. The lowest BCUT2D eigenvalue weighted by atomic mass is 10.0. The van der Waals surface area contributed by atoms with Crippen LogP contribution < -0.4 is 5.32 Å². The molecule has 1 aromatic rings. The molecule has 0 radical (unpaired) electrons. The number of hydrogen-bond acceptors (Lipinski definition) is 2. The van der Waals surface area contributed by atoms with E-state index in [4.69, 9.17) is 0 Å². The lowest BCUT2D eigenvalue weighted by molar-refractivity contribution is 0.0711. The molecule has 2 aliphatic heterocycles. The molecule has 104 valence electrons. The summed E-state index contributed by atoms with van der Waals surface area (Å²) < 4.78 is 13.6. The minimum Gasteiger partial charge on any atom is -0.362 e. The first kappa shape index (κ1) is 12.9. The molecular formula is C16H17FN2O. The lowest BCUT2D eigenvalue weighted by Crippen LogP contribution is -2.43. The molecule has 3 nitrogen and oxygen atoms in total. The fraction of sp³-hybridized carbons (Fsp3) is 0.312. The summed E-state index contributed by atoms with van der Waals surface area (Å²) in [4.78, 5) is 14.2. The van der Waals surface area contributed by atoms with Gasteiger partial charge in [-0.2, -0.15) is 0 Å². The standard InChI is InChI=1S/C16H17FN2O/c1-9-6-12-8-19(16(20)13(12)7-14(9)17)15-5-4-10(2)18-11(15)3/h6-7,15,18H,2-5,8H2,1H3. The van der Waals surface area contributed by atoms with Gasteiger partial charge in [0.2, 0.25) is 0 Å². The summed E-state index contributed by atoms with van der Waals surface area (Å²) in [5, 5.41) is 3.12. The minimum atomic E-state index is -0.326. The topological polar surface area (TPSA) is 32.3 Å². The number of nitrogens with one attached hydrogen (secondary N) is 1. The first-order valence-electron chi connectivity index (χ1n) is 6.71. The highest BCUT2D eigenvalue weighted by Crippen LogP contribution is 2.31. The summed E-state index contributed by atoms with van der Waals surface area (Å²) in [6.07, 6.45) is 1.63. The number of allylic oxidation sites excluding steroid dienone is 1. The second kappa shape index (κ2) is 4.47. The molecule has 0 aromatic heterocycles. The first-order valence-corrected chi connectivity index (χ1v) is 6.71. The van der Waals surface area contributed by atoms with Crippen molar-refractivity contribution in [2.24, 2.45) is 0 Å². The van der Waals surface area contributed by atoms with E-state index in [1.54, 1.807) is 17.9 Å². The van der Waals surface area contributed by atoms with E-state index in [2.05, 4.69) is 18.5 Å². The van der Waals surface area contributed by atoms with Crippen molar-refractivity contribution >= 4 is 5.91 Å². The number of halogens is 1. The van der Waals surface area contributed by atoms with Crippen molar-refractivity contribution in [2.45, 2.75) is 32.4 Å². The highest BCUT2D eigenvalue weighted by molar-refractivity contribution is 5.98. The number of hydrogen-bond donors (Lipinski definition) is 1.